The van der Waals surface area contributed by atoms with E-state index in [4.69, 9.17) is 22.1 Å². The summed E-state index contributed by atoms with van der Waals surface area (Å²) in [7, 11) is 0. The third-order valence-corrected chi connectivity index (χ3v) is 6.23. The highest BCUT2D eigenvalue weighted by Gasteiger charge is 2.31. The number of ether oxygens (including phenoxy) is 1. The van der Waals surface area contributed by atoms with Gasteiger partial charge >= 0.3 is 0 Å². The Morgan fingerprint density at radius 3 is 2.72 bits per heavy atom. The van der Waals surface area contributed by atoms with Gasteiger partial charge in [-0.05, 0) is 38.9 Å². The van der Waals surface area contributed by atoms with Crippen LogP contribution in [0, 0.1) is 19.7 Å². The van der Waals surface area contributed by atoms with E-state index in [0.717, 1.165) is 0 Å². The minimum Gasteiger partial charge on any atom is -0.487 e. The molecule has 1 aromatic heterocycles. The molecule has 0 saturated carbocycles. The number of nitrogens with zero attached hydrogens (tertiary/aromatic N) is 3. The first kappa shape index (κ1) is 22.4. The lowest BCUT2D eigenvalue weighted by atomic mass is 10.1. The number of carbonyl (C=O) groups is 1. The second-order valence-corrected chi connectivity index (χ2v) is 8.43. The Morgan fingerprint density at radius 2 is 2.03 bits per heavy atom. The van der Waals surface area contributed by atoms with Gasteiger partial charge in [-0.2, -0.15) is 0 Å². The lowest BCUT2D eigenvalue weighted by molar-refractivity contribution is 0.0153. The molecule has 10 heteroatoms. The van der Waals surface area contributed by atoms with E-state index in [2.05, 4.69) is 15.3 Å². The van der Waals surface area contributed by atoms with Gasteiger partial charge in [0.25, 0.3) is 5.91 Å². The number of aliphatic hydroxyl groups is 1. The summed E-state index contributed by atoms with van der Waals surface area (Å²) >= 11 is 6.17. The van der Waals surface area contributed by atoms with Gasteiger partial charge in [-0.3, -0.25) is 4.79 Å². The number of aromatic nitrogens is 2. The number of hydrogen-bond acceptors (Lipinski definition) is 7. The van der Waals surface area contributed by atoms with Crippen LogP contribution in [-0.4, -0.2) is 64.3 Å². The summed E-state index contributed by atoms with van der Waals surface area (Å²) in [5.74, 6) is -0.350. The average Bonchev–Trinajstić information content (AvgIpc) is 3.14. The molecule has 0 radical (unpaired) electrons. The van der Waals surface area contributed by atoms with E-state index in [1.54, 1.807) is 13.8 Å². The maximum Gasteiger partial charge on any atom is 0.258 e. The third-order valence-electron chi connectivity index (χ3n) is 5.68. The number of β-amino-alcohol motifs (C(OH)–C–C–N with tert-alkyl or cyclic N) is 1. The van der Waals surface area contributed by atoms with E-state index in [-0.39, 0.29) is 30.3 Å². The van der Waals surface area contributed by atoms with Crippen LogP contribution in [0.1, 0.15) is 34.0 Å². The van der Waals surface area contributed by atoms with Gasteiger partial charge in [0.2, 0.25) is 0 Å². The van der Waals surface area contributed by atoms with Gasteiger partial charge in [0, 0.05) is 23.9 Å². The van der Waals surface area contributed by atoms with E-state index in [9.17, 15) is 14.3 Å². The Hall–Kier alpha value is -2.75. The fourth-order valence-electron chi connectivity index (χ4n) is 3.90. The van der Waals surface area contributed by atoms with Crippen molar-refractivity contribution >= 4 is 23.1 Å². The summed E-state index contributed by atoms with van der Waals surface area (Å²) in [5, 5.41) is 13.7. The van der Waals surface area contributed by atoms with Crippen molar-refractivity contribution in [2.45, 2.75) is 32.5 Å². The van der Waals surface area contributed by atoms with Gasteiger partial charge in [-0.25, -0.2) is 14.4 Å². The predicted octanol–water partition coefficient (Wildman–Crippen LogP) is 1.81. The van der Waals surface area contributed by atoms with Crippen molar-refractivity contribution in [3.8, 4) is 5.75 Å². The van der Waals surface area contributed by atoms with Gasteiger partial charge < -0.3 is 25.8 Å². The number of hydrogen-bond donors (Lipinski definition) is 3. The molecule has 4 rings (SSSR count). The second-order valence-electron chi connectivity index (χ2n) is 8.05. The van der Waals surface area contributed by atoms with Crippen molar-refractivity contribution in [2.24, 2.45) is 5.73 Å². The first-order chi connectivity index (χ1) is 15.2. The quantitative estimate of drug-likeness (QED) is 0.636. The van der Waals surface area contributed by atoms with Crippen LogP contribution in [0.2, 0.25) is 5.02 Å². The van der Waals surface area contributed by atoms with Crippen molar-refractivity contribution in [1.29, 1.82) is 0 Å². The lowest BCUT2D eigenvalue weighted by Crippen LogP contribution is -2.46. The van der Waals surface area contributed by atoms with Crippen LogP contribution in [0.3, 0.4) is 0 Å². The molecule has 1 amide bonds. The number of benzene rings is 1. The molecular formula is C22H25ClFN5O3. The van der Waals surface area contributed by atoms with Gasteiger partial charge in [0.05, 0.1) is 35.1 Å². The zero-order chi connectivity index (χ0) is 23.0. The van der Waals surface area contributed by atoms with Crippen LogP contribution < -0.4 is 15.8 Å². The Balaban J connectivity index is 1.57. The number of rotatable bonds is 4. The standard InChI is InChI=1S/C22H25ClFN5O3/c1-11-20(23)12(2)28-21(27-11)15-9-29(10-16(15)25)22(31)14-4-3-13(24)7-19(14)32-18-5-6-26-8-17(18)30/h3-4,7,17-18,26,30H,5-6,8-10,25H2,1-2H3/t17?,18-/m0/s1. The minimum absolute atomic E-state index is 0.0994. The summed E-state index contributed by atoms with van der Waals surface area (Å²) in [6.45, 7) is 5.00. The monoisotopic (exact) mass is 461 g/mol. The molecule has 0 aliphatic carbocycles. The highest BCUT2D eigenvalue weighted by molar-refractivity contribution is 6.31. The lowest BCUT2D eigenvalue weighted by Gasteiger charge is -2.30. The number of aliphatic hydroxyl groups excluding tert-OH is 1. The molecule has 32 heavy (non-hydrogen) atoms. The fraction of sp³-hybridized carbons (Fsp3) is 0.409. The molecule has 2 aromatic rings. The molecule has 3 heterocycles. The van der Waals surface area contributed by atoms with Crippen molar-refractivity contribution in [2.75, 3.05) is 26.2 Å². The zero-order valence-corrected chi connectivity index (χ0v) is 18.6. The largest absolute Gasteiger partial charge is 0.487 e. The summed E-state index contributed by atoms with van der Waals surface area (Å²) in [6.07, 6.45) is -0.741. The second kappa shape index (κ2) is 9.01. The molecule has 0 bridgehead atoms. The summed E-state index contributed by atoms with van der Waals surface area (Å²) in [5.41, 5.74) is 8.83. The first-order valence-electron chi connectivity index (χ1n) is 10.4. The normalized spacial score (nSPS) is 21.2. The van der Waals surface area contributed by atoms with E-state index in [1.165, 1.54) is 23.1 Å². The maximum atomic E-state index is 14.0. The van der Waals surface area contributed by atoms with Crippen LogP contribution in [0.15, 0.2) is 23.9 Å². The molecule has 1 fully saturated rings. The van der Waals surface area contributed by atoms with Gasteiger partial charge in [-0.15, -0.1) is 0 Å². The van der Waals surface area contributed by atoms with Crippen LogP contribution in [-0.2, 0) is 0 Å². The Labute approximate surface area is 190 Å². The Kier molecular flexibility index (Phi) is 6.32. The number of amides is 1. The number of nitrogens with one attached hydrogen (secondary N) is 1. The molecule has 1 unspecified atom stereocenters. The van der Waals surface area contributed by atoms with Crippen molar-refractivity contribution in [1.82, 2.24) is 20.2 Å². The van der Waals surface area contributed by atoms with Crippen molar-refractivity contribution < 1.29 is 19.0 Å². The summed E-state index contributed by atoms with van der Waals surface area (Å²) in [4.78, 5) is 23.7. The van der Waals surface area contributed by atoms with Gasteiger partial charge in [0.1, 0.15) is 23.8 Å². The molecule has 1 aromatic carbocycles. The Morgan fingerprint density at radius 1 is 1.31 bits per heavy atom. The number of piperidine rings is 1. The smallest absolute Gasteiger partial charge is 0.258 e. The highest BCUT2D eigenvalue weighted by Crippen LogP contribution is 2.29. The fourth-order valence-corrected chi connectivity index (χ4v) is 3.99. The van der Waals surface area contributed by atoms with Crippen LogP contribution in [0.5, 0.6) is 5.75 Å². The molecule has 2 aliphatic heterocycles. The molecule has 2 aliphatic rings. The molecule has 2 atom stereocenters. The van der Waals surface area contributed by atoms with E-state index < -0.39 is 18.0 Å². The highest BCUT2D eigenvalue weighted by atomic mass is 35.5. The number of halogens is 2. The number of carbonyl (C=O) groups excluding carboxylic acids is 1. The predicted molar refractivity (Wildman–Crippen MR) is 118 cm³/mol. The zero-order valence-electron chi connectivity index (χ0n) is 17.9. The topological polar surface area (TPSA) is 114 Å². The molecule has 1 saturated heterocycles. The van der Waals surface area contributed by atoms with E-state index in [1.807, 2.05) is 0 Å². The summed E-state index contributed by atoms with van der Waals surface area (Å²) < 4.78 is 19.8. The molecule has 8 nitrogen and oxygen atoms in total. The van der Waals surface area contributed by atoms with Crippen LogP contribution >= 0.6 is 11.6 Å². The molecule has 4 N–H and O–H groups in total. The first-order valence-corrected chi connectivity index (χ1v) is 10.7. The van der Waals surface area contributed by atoms with Crippen molar-refractivity contribution in [3.63, 3.8) is 0 Å². The van der Waals surface area contributed by atoms with Gasteiger partial charge in [0.15, 0.2) is 5.82 Å². The Bertz CT molecular complexity index is 1070. The summed E-state index contributed by atoms with van der Waals surface area (Å²) in [6, 6.07) is 3.77. The van der Waals surface area contributed by atoms with E-state index in [0.29, 0.717) is 53.0 Å². The third kappa shape index (κ3) is 4.41. The number of aryl methyl sites for hydroxylation is 2. The minimum atomic E-state index is -0.751. The van der Waals surface area contributed by atoms with Crippen molar-refractivity contribution in [3.05, 3.63) is 57.5 Å². The van der Waals surface area contributed by atoms with E-state index >= 15 is 0 Å². The SMILES string of the molecule is Cc1nc(C2=C(N)CN(C(=O)c3ccc(F)cc3O[C@H]3CCNCC3O)C2)nc(C)c1Cl. The molecular weight excluding hydrogens is 437 g/mol. The van der Waals surface area contributed by atoms with Crippen LogP contribution in [0.4, 0.5) is 4.39 Å². The molecule has 0 spiro atoms. The van der Waals surface area contributed by atoms with Gasteiger partial charge in [-0.1, -0.05) is 11.6 Å². The number of nitrogens with two attached hydrogens (primary N) is 1. The maximum absolute atomic E-state index is 14.0. The molecule has 170 valence electrons. The average molecular weight is 462 g/mol. The van der Waals surface area contributed by atoms with Crippen LogP contribution in [0.25, 0.3) is 5.57 Å².